The number of rotatable bonds is 5. The van der Waals surface area contributed by atoms with Crippen LogP contribution < -0.4 is 10.6 Å². The predicted octanol–water partition coefficient (Wildman–Crippen LogP) is 2.50. The van der Waals surface area contributed by atoms with E-state index < -0.39 is 0 Å². The summed E-state index contributed by atoms with van der Waals surface area (Å²) in [5.41, 5.74) is 0.783. The number of benzene rings is 1. The molecular weight excluding hydrogens is 384 g/mol. The lowest BCUT2D eigenvalue weighted by atomic mass is 10.1. The van der Waals surface area contributed by atoms with Crippen LogP contribution >= 0.6 is 24.0 Å². The summed E-state index contributed by atoms with van der Waals surface area (Å²) in [7, 11) is 3.40. The summed E-state index contributed by atoms with van der Waals surface area (Å²) in [6.07, 6.45) is 0.931. The van der Waals surface area contributed by atoms with Gasteiger partial charge in [-0.1, -0.05) is 18.2 Å². The molecule has 1 aromatic carbocycles. The SMILES string of the molecule is CN=C(NC(C)COC)NC1CC1c1ccccc1F.I. The zero-order chi connectivity index (χ0) is 14.5. The van der Waals surface area contributed by atoms with Gasteiger partial charge in [-0.25, -0.2) is 4.39 Å². The Kier molecular flexibility index (Phi) is 7.37. The summed E-state index contributed by atoms with van der Waals surface area (Å²) in [5, 5.41) is 6.57. The van der Waals surface area contributed by atoms with E-state index in [1.807, 2.05) is 19.1 Å². The minimum Gasteiger partial charge on any atom is -0.383 e. The average molecular weight is 407 g/mol. The Labute approximate surface area is 142 Å². The second-order valence-corrected chi connectivity index (χ2v) is 5.19. The van der Waals surface area contributed by atoms with Gasteiger partial charge in [0.25, 0.3) is 0 Å². The van der Waals surface area contributed by atoms with Crippen LogP contribution in [0.2, 0.25) is 0 Å². The maximum absolute atomic E-state index is 13.7. The van der Waals surface area contributed by atoms with Crippen molar-refractivity contribution >= 4 is 29.9 Å². The zero-order valence-corrected chi connectivity index (χ0v) is 14.9. The van der Waals surface area contributed by atoms with Crippen LogP contribution in [-0.4, -0.2) is 38.8 Å². The average Bonchev–Trinajstić information content (AvgIpc) is 3.18. The Hall–Kier alpha value is -0.890. The number of hydrogen-bond donors (Lipinski definition) is 2. The van der Waals surface area contributed by atoms with Crippen LogP contribution in [0.5, 0.6) is 0 Å². The topological polar surface area (TPSA) is 45.7 Å². The third-order valence-corrected chi connectivity index (χ3v) is 3.44. The molecule has 0 aromatic heterocycles. The number of hydrogen-bond acceptors (Lipinski definition) is 2. The Bertz CT molecular complexity index is 484. The first kappa shape index (κ1) is 18.2. The molecule has 6 heteroatoms. The maximum atomic E-state index is 13.7. The zero-order valence-electron chi connectivity index (χ0n) is 12.6. The first-order valence-electron chi connectivity index (χ1n) is 6.89. The number of halogens is 2. The third kappa shape index (κ3) is 5.10. The lowest BCUT2D eigenvalue weighted by Crippen LogP contribution is -2.45. The Morgan fingerprint density at radius 2 is 2.19 bits per heavy atom. The molecule has 0 heterocycles. The van der Waals surface area contributed by atoms with E-state index in [1.54, 1.807) is 20.2 Å². The fourth-order valence-electron chi connectivity index (χ4n) is 2.35. The number of nitrogens with one attached hydrogen (secondary N) is 2. The second kappa shape index (κ2) is 8.53. The molecule has 3 unspecified atom stereocenters. The van der Waals surface area contributed by atoms with Crippen LogP contribution in [0, 0.1) is 5.82 Å². The highest BCUT2D eigenvalue weighted by atomic mass is 127. The highest BCUT2D eigenvalue weighted by Crippen LogP contribution is 2.41. The molecule has 1 aromatic rings. The minimum absolute atomic E-state index is 0. The Morgan fingerprint density at radius 3 is 2.81 bits per heavy atom. The summed E-state index contributed by atoms with van der Waals surface area (Å²) < 4.78 is 18.8. The fourth-order valence-corrected chi connectivity index (χ4v) is 2.35. The molecule has 1 saturated carbocycles. The van der Waals surface area contributed by atoms with Crippen LogP contribution in [0.15, 0.2) is 29.3 Å². The summed E-state index contributed by atoms with van der Waals surface area (Å²) in [4.78, 5) is 4.19. The van der Waals surface area contributed by atoms with Crippen molar-refractivity contribution in [2.45, 2.75) is 31.3 Å². The van der Waals surface area contributed by atoms with Crippen molar-refractivity contribution in [1.82, 2.24) is 10.6 Å². The van der Waals surface area contributed by atoms with E-state index in [9.17, 15) is 4.39 Å². The van der Waals surface area contributed by atoms with E-state index in [2.05, 4.69) is 15.6 Å². The van der Waals surface area contributed by atoms with Crippen LogP contribution in [-0.2, 0) is 4.74 Å². The first-order valence-corrected chi connectivity index (χ1v) is 6.89. The molecular formula is C15H23FIN3O. The molecule has 4 nitrogen and oxygen atoms in total. The smallest absolute Gasteiger partial charge is 0.191 e. The Morgan fingerprint density at radius 1 is 1.48 bits per heavy atom. The minimum atomic E-state index is -0.127. The van der Waals surface area contributed by atoms with E-state index in [0.717, 1.165) is 17.9 Å². The standard InChI is InChI=1S/C15H22FN3O.HI/c1-10(9-20-3)18-15(17-2)19-14-8-12(14)11-6-4-5-7-13(11)16;/h4-7,10,12,14H,8-9H2,1-3H3,(H2,17,18,19);1H. The van der Waals surface area contributed by atoms with E-state index >= 15 is 0 Å². The molecule has 1 aliphatic rings. The van der Waals surface area contributed by atoms with E-state index in [1.165, 1.54) is 6.07 Å². The lowest BCUT2D eigenvalue weighted by Gasteiger charge is -2.17. The van der Waals surface area contributed by atoms with Crippen molar-refractivity contribution in [3.8, 4) is 0 Å². The first-order chi connectivity index (χ1) is 9.65. The molecule has 0 radical (unpaired) electrons. The van der Waals surface area contributed by atoms with Gasteiger partial charge in [-0.05, 0) is 25.0 Å². The van der Waals surface area contributed by atoms with Crippen molar-refractivity contribution in [1.29, 1.82) is 0 Å². The third-order valence-electron chi connectivity index (χ3n) is 3.44. The van der Waals surface area contributed by atoms with Crippen molar-refractivity contribution in [3.05, 3.63) is 35.6 Å². The molecule has 0 saturated heterocycles. The highest BCUT2D eigenvalue weighted by molar-refractivity contribution is 14.0. The van der Waals surface area contributed by atoms with Crippen LogP contribution in [0.3, 0.4) is 0 Å². The van der Waals surface area contributed by atoms with Gasteiger partial charge in [0.15, 0.2) is 5.96 Å². The van der Waals surface area contributed by atoms with Crippen molar-refractivity contribution in [3.63, 3.8) is 0 Å². The van der Waals surface area contributed by atoms with Gasteiger partial charge >= 0.3 is 0 Å². The fraction of sp³-hybridized carbons (Fsp3) is 0.533. The molecule has 118 valence electrons. The molecule has 0 amide bonds. The molecule has 2 N–H and O–H groups in total. The number of methoxy groups -OCH3 is 1. The van der Waals surface area contributed by atoms with Crippen molar-refractivity contribution < 1.29 is 9.13 Å². The molecule has 2 rings (SSSR count). The normalized spacial score (nSPS) is 22.2. The number of ether oxygens (including phenoxy) is 1. The summed E-state index contributed by atoms with van der Waals surface area (Å²) >= 11 is 0. The van der Waals surface area contributed by atoms with Gasteiger partial charge in [0.1, 0.15) is 5.82 Å². The summed E-state index contributed by atoms with van der Waals surface area (Å²) in [6, 6.07) is 7.38. The van der Waals surface area contributed by atoms with Gasteiger partial charge in [0.05, 0.1) is 6.61 Å². The summed E-state index contributed by atoms with van der Waals surface area (Å²) in [5.74, 6) is 0.836. The van der Waals surface area contributed by atoms with Crippen LogP contribution in [0.1, 0.15) is 24.8 Å². The van der Waals surface area contributed by atoms with Gasteiger partial charge in [-0.2, -0.15) is 0 Å². The quantitative estimate of drug-likeness (QED) is 0.448. The largest absolute Gasteiger partial charge is 0.383 e. The van der Waals surface area contributed by atoms with Crippen LogP contribution in [0.4, 0.5) is 4.39 Å². The predicted molar refractivity (Wildman–Crippen MR) is 93.9 cm³/mol. The van der Waals surface area contributed by atoms with Gasteiger partial charge in [-0.3, -0.25) is 4.99 Å². The Balaban J connectivity index is 0.00000220. The van der Waals surface area contributed by atoms with Gasteiger partial charge in [0, 0.05) is 32.2 Å². The molecule has 0 aliphatic heterocycles. The number of nitrogens with zero attached hydrogens (tertiary/aromatic N) is 1. The molecule has 1 aliphatic carbocycles. The lowest BCUT2D eigenvalue weighted by molar-refractivity contribution is 0.179. The molecule has 0 bridgehead atoms. The van der Waals surface area contributed by atoms with E-state index in [0.29, 0.717) is 6.61 Å². The van der Waals surface area contributed by atoms with Crippen molar-refractivity contribution in [2.24, 2.45) is 4.99 Å². The highest BCUT2D eigenvalue weighted by Gasteiger charge is 2.40. The molecule has 3 atom stereocenters. The number of aliphatic imine (C=N–C) groups is 1. The monoisotopic (exact) mass is 407 g/mol. The molecule has 21 heavy (non-hydrogen) atoms. The maximum Gasteiger partial charge on any atom is 0.191 e. The van der Waals surface area contributed by atoms with Crippen molar-refractivity contribution in [2.75, 3.05) is 20.8 Å². The van der Waals surface area contributed by atoms with Gasteiger partial charge in [-0.15, -0.1) is 24.0 Å². The molecule has 1 fully saturated rings. The van der Waals surface area contributed by atoms with Crippen LogP contribution in [0.25, 0.3) is 0 Å². The van der Waals surface area contributed by atoms with E-state index in [4.69, 9.17) is 4.74 Å². The molecule has 0 spiro atoms. The number of guanidine groups is 1. The second-order valence-electron chi connectivity index (χ2n) is 5.19. The van der Waals surface area contributed by atoms with Gasteiger partial charge in [0.2, 0.25) is 0 Å². The van der Waals surface area contributed by atoms with E-state index in [-0.39, 0.29) is 47.8 Å². The summed E-state index contributed by atoms with van der Waals surface area (Å²) in [6.45, 7) is 2.64. The van der Waals surface area contributed by atoms with Gasteiger partial charge < -0.3 is 15.4 Å².